The lowest BCUT2D eigenvalue weighted by atomic mass is 10.2. The molecule has 0 aromatic rings. The molecule has 0 saturated carbocycles. The van der Waals surface area contributed by atoms with Crippen molar-refractivity contribution in [2.75, 3.05) is 23.0 Å². The second-order valence-corrected chi connectivity index (χ2v) is 5.51. The van der Waals surface area contributed by atoms with E-state index < -0.39 is 0 Å². The lowest BCUT2D eigenvalue weighted by Crippen LogP contribution is -1.78. The molecular formula is C12H28S4. The van der Waals surface area contributed by atoms with Gasteiger partial charge in [0.15, 0.2) is 0 Å². The molecule has 0 atom stereocenters. The van der Waals surface area contributed by atoms with Crippen LogP contribution < -0.4 is 0 Å². The van der Waals surface area contributed by atoms with Crippen LogP contribution >= 0.6 is 50.5 Å². The molecule has 4 heteroatoms. The van der Waals surface area contributed by atoms with Gasteiger partial charge >= 0.3 is 0 Å². The van der Waals surface area contributed by atoms with Gasteiger partial charge in [-0.25, -0.2) is 0 Å². The first-order chi connectivity index (χ1) is 7.83. The maximum Gasteiger partial charge on any atom is -0.00979 e. The van der Waals surface area contributed by atoms with Crippen LogP contribution in [0.15, 0.2) is 0 Å². The minimum absolute atomic E-state index is 1.03. The van der Waals surface area contributed by atoms with E-state index in [1.54, 1.807) is 0 Å². The Morgan fingerprint density at radius 2 is 0.500 bits per heavy atom. The third-order valence-corrected chi connectivity index (χ3v) is 3.40. The van der Waals surface area contributed by atoms with Crippen molar-refractivity contribution >= 4 is 50.5 Å². The maximum absolute atomic E-state index is 4.10. The van der Waals surface area contributed by atoms with E-state index in [1.165, 1.54) is 51.4 Å². The predicted molar refractivity (Wildman–Crippen MR) is 92.3 cm³/mol. The summed E-state index contributed by atoms with van der Waals surface area (Å²) in [5, 5.41) is 0. The molecule has 0 amide bonds. The summed E-state index contributed by atoms with van der Waals surface area (Å²) in [5.74, 6) is 4.14. The fraction of sp³-hybridized carbons (Fsp3) is 1.00. The van der Waals surface area contributed by atoms with Gasteiger partial charge < -0.3 is 0 Å². The summed E-state index contributed by atoms with van der Waals surface area (Å²) >= 11 is 16.4. The molecule has 0 rings (SSSR count). The molecule has 0 aliphatic carbocycles. The zero-order chi connectivity index (χ0) is 12.5. The average molecular weight is 301 g/mol. The normalized spacial score (nSPS) is 9.75. The molecule has 0 fully saturated rings. The quantitative estimate of drug-likeness (QED) is 0.323. The van der Waals surface area contributed by atoms with Crippen molar-refractivity contribution in [2.24, 2.45) is 0 Å². The zero-order valence-electron chi connectivity index (χ0n) is 10.3. The molecule has 0 bridgehead atoms. The molecule has 0 heterocycles. The smallest absolute Gasteiger partial charge is 0.00979 e. The van der Waals surface area contributed by atoms with E-state index in [0.717, 1.165) is 23.0 Å². The summed E-state index contributed by atoms with van der Waals surface area (Å²) in [7, 11) is 0. The Hall–Kier alpha value is 1.40. The van der Waals surface area contributed by atoms with Gasteiger partial charge in [-0.1, -0.05) is 25.7 Å². The highest BCUT2D eigenvalue weighted by Gasteiger charge is 1.84. The summed E-state index contributed by atoms with van der Waals surface area (Å²) in [4.78, 5) is 0. The van der Waals surface area contributed by atoms with Gasteiger partial charge in [0.2, 0.25) is 0 Å². The molecule has 16 heavy (non-hydrogen) atoms. The Kier molecular flexibility index (Phi) is 26.7. The van der Waals surface area contributed by atoms with Crippen LogP contribution in [0, 0.1) is 0 Å². The van der Waals surface area contributed by atoms with Crippen LogP contribution in [0.2, 0.25) is 0 Å². The number of thiol groups is 4. The second kappa shape index (κ2) is 21.7. The van der Waals surface area contributed by atoms with Gasteiger partial charge in [-0.15, -0.1) is 0 Å². The van der Waals surface area contributed by atoms with Crippen molar-refractivity contribution in [3.05, 3.63) is 0 Å². The predicted octanol–water partition coefficient (Wildman–Crippen LogP) is 4.81. The first-order valence-corrected chi connectivity index (χ1v) is 8.79. The zero-order valence-corrected chi connectivity index (χ0v) is 13.9. The molecule has 0 aromatic heterocycles. The molecule has 0 spiro atoms. The van der Waals surface area contributed by atoms with Crippen molar-refractivity contribution in [1.82, 2.24) is 0 Å². The number of hydrogen-bond donors (Lipinski definition) is 4. The minimum atomic E-state index is 1.03. The number of unbranched alkanes of at least 4 members (excludes halogenated alkanes) is 6. The second-order valence-electron chi connectivity index (χ2n) is 3.72. The molecule has 0 aliphatic heterocycles. The van der Waals surface area contributed by atoms with Gasteiger partial charge in [0.05, 0.1) is 0 Å². The van der Waals surface area contributed by atoms with Crippen LogP contribution in [-0.2, 0) is 0 Å². The van der Waals surface area contributed by atoms with E-state index in [2.05, 4.69) is 50.5 Å². The molecule has 100 valence electrons. The molecule has 0 aromatic carbocycles. The highest BCUT2D eigenvalue weighted by molar-refractivity contribution is 7.80. The fourth-order valence-corrected chi connectivity index (χ4v) is 2.05. The minimum Gasteiger partial charge on any atom is -0.179 e. The Bertz CT molecular complexity index is 75.0. The Morgan fingerprint density at radius 3 is 0.625 bits per heavy atom. The molecule has 0 aliphatic rings. The summed E-state index contributed by atoms with van der Waals surface area (Å²) in [5.41, 5.74) is 0. The van der Waals surface area contributed by atoms with E-state index in [4.69, 9.17) is 0 Å². The lowest BCUT2D eigenvalue weighted by Gasteiger charge is -1.93. The lowest BCUT2D eigenvalue weighted by molar-refractivity contribution is 0.713. The van der Waals surface area contributed by atoms with Crippen molar-refractivity contribution in [3.8, 4) is 0 Å². The van der Waals surface area contributed by atoms with Crippen molar-refractivity contribution in [3.63, 3.8) is 0 Å². The largest absolute Gasteiger partial charge is 0.179 e. The summed E-state index contributed by atoms with van der Waals surface area (Å²) in [6, 6.07) is 0. The molecular weight excluding hydrogens is 272 g/mol. The van der Waals surface area contributed by atoms with Crippen LogP contribution in [0.3, 0.4) is 0 Å². The SMILES string of the molecule is SCCCCCCS.SCCCCCCS. The topological polar surface area (TPSA) is 0 Å². The van der Waals surface area contributed by atoms with Gasteiger partial charge in [-0.05, 0) is 48.7 Å². The van der Waals surface area contributed by atoms with Gasteiger partial charge in [-0.3, -0.25) is 0 Å². The van der Waals surface area contributed by atoms with Gasteiger partial charge in [0, 0.05) is 0 Å². The molecule has 0 radical (unpaired) electrons. The Morgan fingerprint density at radius 1 is 0.312 bits per heavy atom. The van der Waals surface area contributed by atoms with Crippen LogP contribution in [-0.4, -0.2) is 23.0 Å². The van der Waals surface area contributed by atoms with Crippen molar-refractivity contribution in [2.45, 2.75) is 51.4 Å². The van der Waals surface area contributed by atoms with Crippen LogP contribution in [0.5, 0.6) is 0 Å². The van der Waals surface area contributed by atoms with E-state index in [9.17, 15) is 0 Å². The molecule has 0 N–H and O–H groups in total. The average Bonchev–Trinajstić information content (AvgIpc) is 2.31. The standard InChI is InChI=1S/2C6H14S2/c2*7-5-3-1-2-4-6-8/h2*7-8H,1-6H2. The molecule has 0 nitrogen and oxygen atoms in total. The summed E-state index contributed by atoms with van der Waals surface area (Å²) < 4.78 is 0. The monoisotopic (exact) mass is 300 g/mol. The first-order valence-electron chi connectivity index (χ1n) is 6.26. The number of rotatable bonds is 10. The summed E-state index contributed by atoms with van der Waals surface area (Å²) in [6.07, 6.45) is 10.3. The van der Waals surface area contributed by atoms with Gasteiger partial charge in [0.1, 0.15) is 0 Å². The Labute approximate surface area is 124 Å². The van der Waals surface area contributed by atoms with Crippen molar-refractivity contribution in [1.29, 1.82) is 0 Å². The van der Waals surface area contributed by atoms with E-state index in [1.807, 2.05) is 0 Å². The highest BCUT2D eigenvalue weighted by atomic mass is 32.1. The van der Waals surface area contributed by atoms with E-state index in [0.29, 0.717) is 0 Å². The molecule has 0 unspecified atom stereocenters. The highest BCUT2D eigenvalue weighted by Crippen LogP contribution is 2.01. The maximum atomic E-state index is 4.10. The van der Waals surface area contributed by atoms with Crippen LogP contribution in [0.4, 0.5) is 0 Å². The number of hydrogen-bond acceptors (Lipinski definition) is 4. The van der Waals surface area contributed by atoms with E-state index >= 15 is 0 Å². The van der Waals surface area contributed by atoms with Gasteiger partial charge in [-0.2, -0.15) is 50.5 Å². The Balaban J connectivity index is 0. The summed E-state index contributed by atoms with van der Waals surface area (Å²) in [6.45, 7) is 0. The van der Waals surface area contributed by atoms with Crippen molar-refractivity contribution < 1.29 is 0 Å². The first kappa shape index (κ1) is 19.7. The van der Waals surface area contributed by atoms with Crippen LogP contribution in [0.1, 0.15) is 51.4 Å². The third kappa shape index (κ3) is 24.6. The van der Waals surface area contributed by atoms with Crippen LogP contribution in [0.25, 0.3) is 0 Å². The third-order valence-electron chi connectivity index (χ3n) is 2.13. The van der Waals surface area contributed by atoms with Gasteiger partial charge in [0.25, 0.3) is 0 Å². The molecule has 0 saturated heterocycles. The fourth-order valence-electron chi connectivity index (χ4n) is 1.15. The van der Waals surface area contributed by atoms with E-state index in [-0.39, 0.29) is 0 Å².